The van der Waals surface area contributed by atoms with Gasteiger partial charge in [0.05, 0.1) is 0 Å². The highest BCUT2D eigenvalue weighted by Crippen LogP contribution is 1.78. The molecule has 1 rings (SSSR count). The van der Waals surface area contributed by atoms with Crippen LogP contribution in [-0.4, -0.2) is 27.3 Å². The SMILES string of the molecule is Cc1ncc[nH]1.[AlH3]. The Labute approximate surface area is 53.1 Å². The van der Waals surface area contributed by atoms with E-state index in [2.05, 4.69) is 9.97 Å². The van der Waals surface area contributed by atoms with Crippen LogP contribution in [0.3, 0.4) is 0 Å². The van der Waals surface area contributed by atoms with Crippen LogP contribution in [0.5, 0.6) is 0 Å². The van der Waals surface area contributed by atoms with Gasteiger partial charge in [-0.25, -0.2) is 4.98 Å². The fourth-order valence-corrected chi connectivity index (χ4v) is 0.344. The quantitative estimate of drug-likeness (QED) is 0.452. The predicted octanol–water partition coefficient (Wildman–Crippen LogP) is -0.466. The van der Waals surface area contributed by atoms with E-state index in [4.69, 9.17) is 0 Å². The molecule has 1 heterocycles. The van der Waals surface area contributed by atoms with Crippen LogP contribution in [0.2, 0.25) is 0 Å². The summed E-state index contributed by atoms with van der Waals surface area (Å²) in [5.74, 6) is 0.968. The van der Waals surface area contributed by atoms with Crippen molar-refractivity contribution in [2.45, 2.75) is 6.92 Å². The Balaban J connectivity index is 0.000000360. The topological polar surface area (TPSA) is 28.7 Å². The number of aryl methyl sites for hydroxylation is 1. The van der Waals surface area contributed by atoms with Gasteiger partial charge in [-0.2, -0.15) is 0 Å². The zero-order valence-corrected chi connectivity index (χ0v) is 3.60. The molecule has 0 aliphatic rings. The predicted molar refractivity (Wildman–Crippen MR) is 33.3 cm³/mol. The Kier molecular flexibility index (Phi) is 2.74. The van der Waals surface area contributed by atoms with Crippen LogP contribution >= 0.6 is 0 Å². The Morgan fingerprint density at radius 1 is 1.71 bits per heavy atom. The fourth-order valence-electron chi connectivity index (χ4n) is 0.344. The summed E-state index contributed by atoms with van der Waals surface area (Å²) >= 11 is 0. The second kappa shape index (κ2) is 2.84. The first-order chi connectivity index (χ1) is 2.89. The van der Waals surface area contributed by atoms with Gasteiger partial charge in [0.2, 0.25) is 0 Å². The van der Waals surface area contributed by atoms with Crippen molar-refractivity contribution in [3.8, 4) is 0 Å². The lowest BCUT2D eigenvalue weighted by Crippen LogP contribution is -1.66. The summed E-state index contributed by atoms with van der Waals surface area (Å²) in [6.45, 7) is 1.92. The maximum Gasteiger partial charge on any atom is 0.187 e. The number of hydrogen-bond acceptors (Lipinski definition) is 1. The lowest BCUT2D eigenvalue weighted by Gasteiger charge is -1.68. The number of rotatable bonds is 0. The van der Waals surface area contributed by atoms with E-state index >= 15 is 0 Å². The summed E-state index contributed by atoms with van der Waals surface area (Å²) in [6, 6.07) is 0. The Morgan fingerprint density at radius 3 is 2.57 bits per heavy atom. The van der Waals surface area contributed by atoms with Crippen LogP contribution in [0.1, 0.15) is 5.82 Å². The van der Waals surface area contributed by atoms with Gasteiger partial charge in [0.15, 0.2) is 17.4 Å². The summed E-state index contributed by atoms with van der Waals surface area (Å²) in [5.41, 5.74) is 0. The number of hydrogen-bond donors (Lipinski definition) is 1. The molecule has 0 atom stereocenters. The molecule has 0 radical (unpaired) electrons. The van der Waals surface area contributed by atoms with Crippen LogP contribution in [-0.2, 0) is 0 Å². The molecule has 1 aromatic rings. The van der Waals surface area contributed by atoms with E-state index in [1.54, 1.807) is 12.4 Å². The van der Waals surface area contributed by atoms with Crippen molar-refractivity contribution in [1.29, 1.82) is 0 Å². The minimum atomic E-state index is 0. The number of nitrogens with zero attached hydrogens (tertiary/aromatic N) is 1. The minimum Gasteiger partial charge on any atom is -0.349 e. The van der Waals surface area contributed by atoms with Crippen molar-refractivity contribution in [1.82, 2.24) is 9.97 Å². The fraction of sp³-hybridized carbons (Fsp3) is 0.250. The molecule has 1 aromatic heterocycles. The van der Waals surface area contributed by atoms with Crippen molar-refractivity contribution in [3.05, 3.63) is 18.2 Å². The molecule has 0 saturated carbocycles. The van der Waals surface area contributed by atoms with Crippen molar-refractivity contribution in [2.75, 3.05) is 0 Å². The van der Waals surface area contributed by atoms with E-state index in [9.17, 15) is 0 Å². The molecule has 0 saturated heterocycles. The molecule has 0 fully saturated rings. The number of nitrogens with one attached hydrogen (secondary N) is 1. The van der Waals surface area contributed by atoms with Gasteiger partial charge in [-0.05, 0) is 6.92 Å². The Bertz CT molecular complexity index is 113. The van der Waals surface area contributed by atoms with Gasteiger partial charge in [0.1, 0.15) is 5.82 Å². The van der Waals surface area contributed by atoms with Crippen molar-refractivity contribution in [2.24, 2.45) is 0 Å². The maximum atomic E-state index is 3.86. The highest BCUT2D eigenvalue weighted by atomic mass is 27.0. The number of H-pyrrole nitrogens is 1. The molecule has 0 unspecified atom stereocenters. The van der Waals surface area contributed by atoms with Crippen LogP contribution in [0.4, 0.5) is 0 Å². The summed E-state index contributed by atoms with van der Waals surface area (Å²) in [7, 11) is 0. The molecule has 1 N–H and O–H groups in total. The average molecular weight is 112 g/mol. The van der Waals surface area contributed by atoms with Gasteiger partial charge in [0, 0.05) is 12.4 Å². The molecule has 0 amide bonds. The standard InChI is InChI=1S/C4H6N2.Al.3H/c1-4-5-2-3-6-4;;;;/h2-3H,1H3,(H,5,6);;;;. The van der Waals surface area contributed by atoms with E-state index in [-0.39, 0.29) is 17.4 Å². The van der Waals surface area contributed by atoms with E-state index in [0.29, 0.717) is 0 Å². The molecule has 0 aromatic carbocycles. The van der Waals surface area contributed by atoms with Crippen molar-refractivity contribution < 1.29 is 0 Å². The Hall–Kier alpha value is -0.258. The molecule has 3 heteroatoms. The molecular formula is C4H9AlN2. The third-order valence-electron chi connectivity index (χ3n) is 0.635. The number of aromatic amines is 1. The maximum absolute atomic E-state index is 3.86. The van der Waals surface area contributed by atoms with E-state index < -0.39 is 0 Å². The highest BCUT2D eigenvalue weighted by Gasteiger charge is 1.73. The lowest BCUT2D eigenvalue weighted by molar-refractivity contribution is 1.15. The molecule has 0 spiro atoms. The monoisotopic (exact) mass is 112 g/mol. The summed E-state index contributed by atoms with van der Waals surface area (Å²) in [5, 5.41) is 0. The first-order valence-corrected chi connectivity index (χ1v) is 1.85. The van der Waals surface area contributed by atoms with Gasteiger partial charge in [-0.1, -0.05) is 0 Å². The van der Waals surface area contributed by atoms with E-state index in [1.165, 1.54) is 0 Å². The Morgan fingerprint density at radius 2 is 2.43 bits per heavy atom. The van der Waals surface area contributed by atoms with Crippen LogP contribution in [0.15, 0.2) is 12.4 Å². The molecule has 0 aliphatic carbocycles. The third-order valence-corrected chi connectivity index (χ3v) is 0.635. The summed E-state index contributed by atoms with van der Waals surface area (Å²) in [6.07, 6.45) is 3.53. The van der Waals surface area contributed by atoms with E-state index in [1.807, 2.05) is 6.92 Å². The summed E-state index contributed by atoms with van der Waals surface area (Å²) < 4.78 is 0. The first kappa shape index (κ1) is 6.74. The smallest absolute Gasteiger partial charge is 0.187 e. The average Bonchev–Trinajstić information content (AvgIpc) is 1.86. The largest absolute Gasteiger partial charge is 0.349 e. The van der Waals surface area contributed by atoms with Crippen molar-refractivity contribution in [3.63, 3.8) is 0 Å². The molecule has 0 aliphatic heterocycles. The van der Waals surface area contributed by atoms with E-state index in [0.717, 1.165) is 5.82 Å². The van der Waals surface area contributed by atoms with Gasteiger partial charge in [-0.15, -0.1) is 0 Å². The number of aromatic nitrogens is 2. The van der Waals surface area contributed by atoms with Gasteiger partial charge in [0.25, 0.3) is 0 Å². The third kappa shape index (κ3) is 1.77. The second-order valence-corrected chi connectivity index (χ2v) is 1.17. The van der Waals surface area contributed by atoms with Gasteiger partial charge >= 0.3 is 0 Å². The van der Waals surface area contributed by atoms with Crippen LogP contribution < -0.4 is 0 Å². The lowest BCUT2D eigenvalue weighted by atomic mass is 10.8. The minimum absolute atomic E-state index is 0. The number of imidazole rings is 1. The normalized spacial score (nSPS) is 7.57. The molecule has 38 valence electrons. The molecular weight excluding hydrogens is 103 g/mol. The zero-order chi connectivity index (χ0) is 4.41. The second-order valence-electron chi connectivity index (χ2n) is 1.17. The molecule has 7 heavy (non-hydrogen) atoms. The van der Waals surface area contributed by atoms with Gasteiger partial charge in [-0.3, -0.25) is 0 Å². The summed E-state index contributed by atoms with van der Waals surface area (Å²) in [4.78, 5) is 6.75. The zero-order valence-electron chi connectivity index (χ0n) is 3.60. The highest BCUT2D eigenvalue weighted by molar-refractivity contribution is 5.75. The van der Waals surface area contributed by atoms with Crippen LogP contribution in [0, 0.1) is 6.92 Å². The molecule has 0 bridgehead atoms. The van der Waals surface area contributed by atoms with Crippen molar-refractivity contribution >= 4 is 17.4 Å². The first-order valence-electron chi connectivity index (χ1n) is 1.85. The molecule has 2 nitrogen and oxygen atoms in total. The van der Waals surface area contributed by atoms with Gasteiger partial charge < -0.3 is 4.98 Å². The van der Waals surface area contributed by atoms with Crippen LogP contribution in [0.25, 0.3) is 0 Å².